The van der Waals surface area contributed by atoms with Crippen LogP contribution in [0.25, 0.3) is 0 Å². The van der Waals surface area contributed by atoms with E-state index in [2.05, 4.69) is 35.1 Å². The van der Waals surface area contributed by atoms with Crippen LogP contribution in [0.2, 0.25) is 5.02 Å². The van der Waals surface area contributed by atoms with Gasteiger partial charge in [-0.2, -0.15) is 0 Å². The van der Waals surface area contributed by atoms with Gasteiger partial charge in [-0.3, -0.25) is 9.88 Å². The fourth-order valence-corrected chi connectivity index (χ4v) is 3.35. The van der Waals surface area contributed by atoms with E-state index in [9.17, 15) is 0 Å². The van der Waals surface area contributed by atoms with E-state index in [1.54, 1.807) is 0 Å². The van der Waals surface area contributed by atoms with Crippen molar-refractivity contribution in [3.05, 3.63) is 70.5 Å². The molecule has 0 atom stereocenters. The van der Waals surface area contributed by atoms with Crippen molar-refractivity contribution in [1.82, 2.24) is 9.88 Å². The van der Waals surface area contributed by atoms with Gasteiger partial charge in [0.15, 0.2) is 0 Å². The van der Waals surface area contributed by atoms with Crippen molar-refractivity contribution in [3.63, 3.8) is 0 Å². The van der Waals surface area contributed by atoms with Crippen LogP contribution < -0.4 is 0 Å². The van der Waals surface area contributed by atoms with E-state index >= 15 is 0 Å². The number of benzene rings is 1. The van der Waals surface area contributed by atoms with Crippen LogP contribution in [0.5, 0.6) is 0 Å². The molecule has 1 aromatic carbocycles. The highest BCUT2D eigenvalue weighted by atomic mass is 35.5. The minimum absolute atomic E-state index is 0.810. The average molecular weight is 314 g/mol. The molecule has 2 heterocycles. The molecule has 1 radical (unpaired) electrons. The molecule has 22 heavy (non-hydrogen) atoms. The van der Waals surface area contributed by atoms with Crippen LogP contribution in [0, 0.1) is 6.04 Å². The summed E-state index contributed by atoms with van der Waals surface area (Å²) in [4.78, 5) is 7.05. The number of hydrogen-bond acceptors (Lipinski definition) is 2. The van der Waals surface area contributed by atoms with Gasteiger partial charge in [0.25, 0.3) is 0 Å². The molecule has 115 valence electrons. The molecule has 1 saturated heterocycles. The number of aryl methyl sites for hydroxylation is 2. The third-order valence-electron chi connectivity index (χ3n) is 4.35. The molecular weight excluding hydrogens is 292 g/mol. The zero-order valence-electron chi connectivity index (χ0n) is 13.1. The van der Waals surface area contributed by atoms with E-state index < -0.39 is 0 Å². The number of nitrogens with zero attached hydrogens (tertiary/aromatic N) is 2. The molecule has 1 aliphatic rings. The zero-order chi connectivity index (χ0) is 15.4. The first-order valence-corrected chi connectivity index (χ1v) is 8.37. The van der Waals surface area contributed by atoms with Crippen molar-refractivity contribution >= 4 is 11.6 Å². The molecule has 0 unspecified atom stereocenters. The molecule has 0 amide bonds. The number of likely N-dealkylation sites (tertiary alicyclic amines) is 1. The zero-order valence-corrected chi connectivity index (χ0v) is 13.8. The average Bonchev–Trinajstić information content (AvgIpc) is 2.54. The maximum atomic E-state index is 6.08. The van der Waals surface area contributed by atoms with E-state index in [0.717, 1.165) is 30.8 Å². The summed E-state index contributed by atoms with van der Waals surface area (Å²) in [5.74, 6) is 0. The van der Waals surface area contributed by atoms with E-state index in [0.29, 0.717) is 0 Å². The van der Waals surface area contributed by atoms with E-state index in [4.69, 9.17) is 11.6 Å². The maximum Gasteiger partial charge on any atom is 0.0877 e. The van der Waals surface area contributed by atoms with Crippen LogP contribution >= 0.6 is 11.6 Å². The standard InChI is InChI=1S/C19H22ClN2/c1-22-13-3-2-9-18(22)19-16(7-5-12-21-19)11-10-15-6-4-8-17(20)14-15/h4-8,12,14H,2-3,9-11,13H2,1H3. The van der Waals surface area contributed by atoms with Crippen LogP contribution in [0.15, 0.2) is 42.6 Å². The highest BCUT2D eigenvalue weighted by Crippen LogP contribution is 2.29. The maximum absolute atomic E-state index is 6.08. The Kier molecular flexibility index (Phi) is 5.12. The topological polar surface area (TPSA) is 16.1 Å². The van der Waals surface area contributed by atoms with Crippen LogP contribution in [-0.4, -0.2) is 23.5 Å². The Balaban J connectivity index is 1.76. The van der Waals surface area contributed by atoms with E-state index in [1.807, 2.05) is 24.4 Å². The lowest BCUT2D eigenvalue weighted by atomic mass is 9.94. The molecular formula is C19H22ClN2. The Hall–Kier alpha value is -1.38. The number of piperidine rings is 1. The van der Waals surface area contributed by atoms with Gasteiger partial charge >= 0.3 is 0 Å². The van der Waals surface area contributed by atoms with Crippen molar-refractivity contribution in [2.24, 2.45) is 0 Å². The van der Waals surface area contributed by atoms with Crippen LogP contribution in [0.4, 0.5) is 0 Å². The number of halogens is 1. The molecule has 0 bridgehead atoms. The lowest BCUT2D eigenvalue weighted by Gasteiger charge is -2.32. The number of rotatable bonds is 4. The normalized spacial score (nSPS) is 16.8. The SMILES string of the molecule is CN1CCCC[C]1c1ncccc1CCc1cccc(Cl)c1. The van der Waals surface area contributed by atoms with Gasteiger partial charge in [0.1, 0.15) is 0 Å². The number of pyridine rings is 1. The van der Waals surface area contributed by atoms with Gasteiger partial charge in [-0.1, -0.05) is 29.8 Å². The largest absolute Gasteiger partial charge is 0.293 e. The minimum atomic E-state index is 0.810. The first-order valence-electron chi connectivity index (χ1n) is 8.00. The monoisotopic (exact) mass is 313 g/mol. The molecule has 0 aliphatic carbocycles. The molecule has 3 heteroatoms. The third-order valence-corrected chi connectivity index (χ3v) is 4.59. The molecule has 1 aromatic heterocycles. The van der Waals surface area contributed by atoms with E-state index in [-0.39, 0.29) is 0 Å². The predicted molar refractivity (Wildman–Crippen MR) is 91.9 cm³/mol. The molecule has 1 aliphatic heterocycles. The van der Waals surface area contributed by atoms with E-state index in [1.165, 1.54) is 35.7 Å². The van der Waals surface area contributed by atoms with Crippen molar-refractivity contribution in [2.75, 3.05) is 13.6 Å². The summed E-state index contributed by atoms with van der Waals surface area (Å²) >= 11 is 6.08. The van der Waals surface area contributed by atoms with Crippen LogP contribution in [0.1, 0.15) is 36.1 Å². The Morgan fingerprint density at radius 1 is 1.14 bits per heavy atom. The Morgan fingerprint density at radius 2 is 2.05 bits per heavy atom. The Bertz CT molecular complexity index is 626. The van der Waals surface area contributed by atoms with Gasteiger partial charge in [0, 0.05) is 11.2 Å². The minimum Gasteiger partial charge on any atom is -0.293 e. The van der Waals surface area contributed by atoms with Crippen molar-refractivity contribution in [1.29, 1.82) is 0 Å². The summed E-state index contributed by atoms with van der Waals surface area (Å²) in [6.07, 6.45) is 7.59. The lowest BCUT2D eigenvalue weighted by molar-refractivity contribution is 0.290. The smallest absolute Gasteiger partial charge is 0.0877 e. The van der Waals surface area contributed by atoms with Crippen LogP contribution in [-0.2, 0) is 12.8 Å². The lowest BCUT2D eigenvalue weighted by Crippen LogP contribution is -2.31. The van der Waals surface area contributed by atoms with Crippen molar-refractivity contribution < 1.29 is 0 Å². The summed E-state index contributed by atoms with van der Waals surface area (Å²) in [5.41, 5.74) is 3.81. The second-order valence-corrected chi connectivity index (χ2v) is 6.40. The fraction of sp³-hybridized carbons (Fsp3) is 0.368. The summed E-state index contributed by atoms with van der Waals surface area (Å²) in [7, 11) is 2.18. The summed E-state index contributed by atoms with van der Waals surface area (Å²) in [5, 5.41) is 0.810. The van der Waals surface area contributed by atoms with Crippen LogP contribution in [0.3, 0.4) is 0 Å². The second-order valence-electron chi connectivity index (χ2n) is 5.97. The molecule has 3 rings (SSSR count). The summed E-state index contributed by atoms with van der Waals surface area (Å²) < 4.78 is 0. The van der Waals surface area contributed by atoms with Gasteiger partial charge in [-0.05, 0) is 75.0 Å². The first-order chi connectivity index (χ1) is 10.7. The molecule has 2 aromatic rings. The molecule has 0 N–H and O–H groups in total. The summed E-state index contributed by atoms with van der Waals surface area (Å²) in [6.45, 7) is 1.14. The number of hydrogen-bond donors (Lipinski definition) is 0. The van der Waals surface area contributed by atoms with Crippen molar-refractivity contribution in [3.8, 4) is 0 Å². The number of aromatic nitrogens is 1. The van der Waals surface area contributed by atoms with Gasteiger partial charge in [-0.15, -0.1) is 0 Å². The quantitative estimate of drug-likeness (QED) is 0.825. The van der Waals surface area contributed by atoms with Gasteiger partial charge in [0.05, 0.1) is 11.7 Å². The second kappa shape index (κ2) is 7.26. The molecule has 0 saturated carbocycles. The van der Waals surface area contributed by atoms with Gasteiger partial charge in [0.2, 0.25) is 0 Å². The molecule has 0 spiro atoms. The fourth-order valence-electron chi connectivity index (χ4n) is 3.14. The Morgan fingerprint density at radius 3 is 2.86 bits per heavy atom. The molecule has 2 nitrogen and oxygen atoms in total. The molecule has 1 fully saturated rings. The first kappa shape index (κ1) is 15.5. The highest BCUT2D eigenvalue weighted by Gasteiger charge is 2.24. The summed E-state index contributed by atoms with van der Waals surface area (Å²) in [6, 6.07) is 13.8. The third kappa shape index (κ3) is 3.68. The highest BCUT2D eigenvalue weighted by molar-refractivity contribution is 6.30. The van der Waals surface area contributed by atoms with Gasteiger partial charge < -0.3 is 0 Å². The van der Waals surface area contributed by atoms with Gasteiger partial charge in [-0.25, -0.2) is 0 Å². The van der Waals surface area contributed by atoms with Crippen molar-refractivity contribution in [2.45, 2.75) is 32.1 Å². The Labute approximate surface area is 138 Å². The predicted octanol–water partition coefficient (Wildman–Crippen LogP) is 4.52.